The summed E-state index contributed by atoms with van der Waals surface area (Å²) in [5, 5.41) is 12.0. The van der Waals surface area contributed by atoms with Crippen molar-refractivity contribution in [2.24, 2.45) is 22.7 Å². The van der Waals surface area contributed by atoms with Crippen LogP contribution in [0.25, 0.3) is 0 Å². The van der Waals surface area contributed by atoms with E-state index in [4.69, 9.17) is 4.74 Å². The number of halogens is 1. The molecule has 6 fully saturated rings. The number of hydrogen-bond acceptors (Lipinski definition) is 6. The summed E-state index contributed by atoms with van der Waals surface area (Å²) >= 11 is 0. The minimum Gasteiger partial charge on any atom is -0.444 e. The number of amides is 5. The molecule has 0 spiro atoms. The summed E-state index contributed by atoms with van der Waals surface area (Å²) in [4.78, 5) is 55.2. The van der Waals surface area contributed by atoms with Gasteiger partial charge in [-0.3, -0.25) is 14.5 Å². The first kappa shape index (κ1) is 36.4. The third-order valence-electron chi connectivity index (χ3n) is 11.7. The van der Waals surface area contributed by atoms with E-state index in [9.17, 15) is 19.2 Å². The molecule has 5 amide bonds. The molecule has 11 nitrogen and oxygen atoms in total. The van der Waals surface area contributed by atoms with Crippen molar-refractivity contribution in [1.29, 1.82) is 0 Å². The Balaban J connectivity index is 0.891. The number of urea groups is 1. The number of benzene rings is 1. The number of nitrogens with zero attached hydrogens (tertiary/aromatic N) is 2. The van der Waals surface area contributed by atoms with Gasteiger partial charge in [-0.25, -0.2) is 14.0 Å². The lowest BCUT2D eigenvalue weighted by Gasteiger charge is -2.65. The smallest absolute Gasteiger partial charge is 0.410 e. The zero-order valence-electron chi connectivity index (χ0n) is 30.6. The number of rotatable bonds is 8. The molecule has 0 aromatic heterocycles. The second-order valence-electron chi connectivity index (χ2n) is 17.8. The van der Waals surface area contributed by atoms with Crippen LogP contribution in [0.1, 0.15) is 109 Å². The summed E-state index contributed by atoms with van der Waals surface area (Å²) in [5.41, 5.74) is -0.0161. The molecular weight excluding hydrogens is 639 g/mol. The molecule has 1 aliphatic heterocycles. The molecule has 1 saturated heterocycles. The number of carbonyl (C=O) groups excluding carboxylic acids is 4. The zero-order chi connectivity index (χ0) is 35.9. The van der Waals surface area contributed by atoms with Crippen LogP contribution in [0.5, 0.6) is 0 Å². The van der Waals surface area contributed by atoms with Crippen LogP contribution in [-0.2, 0) is 9.53 Å². The molecule has 1 heterocycles. The maximum Gasteiger partial charge on any atom is 0.410 e. The topological polar surface area (TPSA) is 132 Å². The van der Waals surface area contributed by atoms with E-state index in [1.54, 1.807) is 4.90 Å². The number of nitrogens with one attached hydrogen (secondary N) is 4. The first-order valence-electron chi connectivity index (χ1n) is 18.7. The summed E-state index contributed by atoms with van der Waals surface area (Å²) in [5.74, 6) is -0.466. The quantitative estimate of drug-likeness (QED) is 0.278. The fraction of sp³-hybridized carbons (Fsp3) is 0.737. The van der Waals surface area contributed by atoms with Gasteiger partial charge in [0.25, 0.3) is 5.91 Å². The second-order valence-corrected chi connectivity index (χ2v) is 17.8. The lowest BCUT2D eigenvalue weighted by molar-refractivity contribution is -0.126. The highest BCUT2D eigenvalue weighted by atomic mass is 19.1. The van der Waals surface area contributed by atoms with Gasteiger partial charge in [-0.05, 0) is 120 Å². The Labute approximate surface area is 296 Å². The maximum atomic E-state index is 15.1. The predicted octanol–water partition coefficient (Wildman–Crippen LogP) is 5.65. The average molecular weight is 697 g/mol. The van der Waals surface area contributed by atoms with E-state index >= 15 is 4.39 Å². The van der Waals surface area contributed by atoms with Crippen molar-refractivity contribution < 1.29 is 28.3 Å². The number of hydrogen-bond donors (Lipinski definition) is 4. The monoisotopic (exact) mass is 696 g/mol. The molecule has 6 aliphatic rings. The van der Waals surface area contributed by atoms with E-state index in [0.717, 1.165) is 38.9 Å². The summed E-state index contributed by atoms with van der Waals surface area (Å²) in [6.07, 6.45) is 8.94. The van der Waals surface area contributed by atoms with Crippen LogP contribution in [-0.4, -0.2) is 90.2 Å². The fourth-order valence-corrected chi connectivity index (χ4v) is 10.5. The molecule has 12 heteroatoms. The summed E-state index contributed by atoms with van der Waals surface area (Å²) < 4.78 is 20.6. The van der Waals surface area contributed by atoms with Crippen LogP contribution in [0.3, 0.4) is 0 Å². The molecule has 50 heavy (non-hydrogen) atoms. The zero-order valence-corrected chi connectivity index (χ0v) is 30.6. The minimum atomic E-state index is -0.650. The summed E-state index contributed by atoms with van der Waals surface area (Å²) in [7, 11) is 0. The fourth-order valence-electron chi connectivity index (χ4n) is 10.5. The van der Waals surface area contributed by atoms with E-state index in [0.29, 0.717) is 51.2 Å². The highest BCUT2D eigenvalue weighted by Gasteiger charge is 2.60. The number of piperazine rings is 1. The third-order valence-corrected chi connectivity index (χ3v) is 11.7. The highest BCUT2D eigenvalue weighted by molar-refractivity contribution is 5.96. The van der Waals surface area contributed by atoms with Crippen LogP contribution >= 0.6 is 0 Å². The molecular formula is C38H57FN6O5. The van der Waals surface area contributed by atoms with E-state index < -0.39 is 17.4 Å². The van der Waals surface area contributed by atoms with Crippen LogP contribution in [0.4, 0.5) is 19.7 Å². The van der Waals surface area contributed by atoms with Gasteiger partial charge in [-0.1, -0.05) is 13.8 Å². The highest BCUT2D eigenvalue weighted by Crippen LogP contribution is 2.66. The third kappa shape index (κ3) is 8.72. The van der Waals surface area contributed by atoms with Gasteiger partial charge in [0.2, 0.25) is 5.91 Å². The Morgan fingerprint density at radius 2 is 1.58 bits per heavy atom. The Morgan fingerprint density at radius 1 is 0.920 bits per heavy atom. The molecule has 1 aromatic rings. The van der Waals surface area contributed by atoms with Gasteiger partial charge in [0, 0.05) is 62.3 Å². The molecule has 0 radical (unpaired) electrons. The number of anilines is 1. The molecule has 4 bridgehead atoms. The van der Waals surface area contributed by atoms with Crippen LogP contribution < -0.4 is 21.3 Å². The van der Waals surface area contributed by atoms with Gasteiger partial charge in [-0.15, -0.1) is 0 Å². The van der Waals surface area contributed by atoms with Gasteiger partial charge in [-0.2, -0.15) is 0 Å². The Bertz CT molecular complexity index is 1450. The molecule has 2 unspecified atom stereocenters. The van der Waals surface area contributed by atoms with Crippen molar-refractivity contribution in [2.75, 3.05) is 44.6 Å². The lowest BCUT2D eigenvalue weighted by atomic mass is 9.43. The van der Waals surface area contributed by atoms with Crippen molar-refractivity contribution in [3.05, 3.63) is 29.6 Å². The van der Waals surface area contributed by atoms with Gasteiger partial charge in [0.05, 0.1) is 5.69 Å². The van der Waals surface area contributed by atoms with Gasteiger partial charge in [0.15, 0.2) is 0 Å². The van der Waals surface area contributed by atoms with Gasteiger partial charge in [0.1, 0.15) is 11.4 Å². The normalized spacial score (nSPS) is 32.3. The predicted molar refractivity (Wildman–Crippen MR) is 189 cm³/mol. The number of ether oxygens (including phenoxy) is 1. The van der Waals surface area contributed by atoms with Crippen molar-refractivity contribution in [3.63, 3.8) is 0 Å². The summed E-state index contributed by atoms with van der Waals surface area (Å²) in [6.45, 7) is 14.2. The molecule has 5 saturated carbocycles. The van der Waals surface area contributed by atoms with Crippen LogP contribution in [0.2, 0.25) is 0 Å². The van der Waals surface area contributed by atoms with Gasteiger partial charge < -0.3 is 30.9 Å². The lowest BCUT2D eigenvalue weighted by Crippen LogP contribution is -2.65. The molecule has 7 rings (SSSR count). The van der Waals surface area contributed by atoms with Gasteiger partial charge >= 0.3 is 12.1 Å². The van der Waals surface area contributed by atoms with E-state index in [1.165, 1.54) is 37.5 Å². The van der Waals surface area contributed by atoms with Crippen molar-refractivity contribution in [2.45, 2.75) is 116 Å². The van der Waals surface area contributed by atoms with Crippen LogP contribution in [0.15, 0.2) is 18.2 Å². The van der Waals surface area contributed by atoms with Crippen molar-refractivity contribution in [3.8, 4) is 0 Å². The Hall–Kier alpha value is -3.41. The minimum absolute atomic E-state index is 0.0305. The largest absolute Gasteiger partial charge is 0.444 e. The maximum absolute atomic E-state index is 15.1. The van der Waals surface area contributed by atoms with Crippen LogP contribution in [0, 0.1) is 28.5 Å². The molecule has 4 atom stereocenters. The second kappa shape index (κ2) is 14.0. The molecule has 276 valence electrons. The molecule has 4 N–H and O–H groups in total. The Morgan fingerprint density at radius 3 is 2.18 bits per heavy atom. The first-order valence-corrected chi connectivity index (χ1v) is 18.7. The average Bonchev–Trinajstić information content (AvgIpc) is 2.99. The van der Waals surface area contributed by atoms with Crippen molar-refractivity contribution in [1.82, 2.24) is 25.8 Å². The Kier molecular flexibility index (Phi) is 10.2. The summed E-state index contributed by atoms with van der Waals surface area (Å²) in [6, 6.07) is 3.68. The van der Waals surface area contributed by atoms with E-state index in [1.807, 2.05) is 20.8 Å². The first-order chi connectivity index (χ1) is 23.5. The van der Waals surface area contributed by atoms with E-state index in [2.05, 4.69) is 40.0 Å². The van der Waals surface area contributed by atoms with E-state index in [-0.39, 0.29) is 57.5 Å². The standard InChI is InChI=1S/C38H57FN6O5/c1-35(2,3)50-34(49)45-16-14-44(15-17-45)13-12-40-31(46)26-6-9-28(10-7-26)41-32(47)27-8-11-30(29(39)18-27)42-33(48)43-38-21-25-19-36(4,23-38)22-37(5,20-25)24-38/h8,11,18,25-26,28H,6-7,9-10,12-17,19-24H2,1-5H3,(H,40,46)(H,41,47)(H2,42,43,48)/t25?,26?,28?,36-,37+,38?. The SMILES string of the molecule is CC(C)(C)OC(=O)N1CCN(CCNC(=O)C2CCC(NC(=O)c3ccc(NC(=O)NC45CC6C[C@@](C)(C4)C[C@](C)(C6)C5)c(F)c3)CC2)CC1. The van der Waals surface area contributed by atoms with Crippen molar-refractivity contribution >= 4 is 29.6 Å². The number of carbonyl (C=O) groups is 4. The molecule has 1 aromatic carbocycles. The molecule has 5 aliphatic carbocycles.